The van der Waals surface area contributed by atoms with E-state index in [9.17, 15) is 9.59 Å². The quantitative estimate of drug-likeness (QED) is 0.756. The first kappa shape index (κ1) is 18.5. The second kappa shape index (κ2) is 7.56. The van der Waals surface area contributed by atoms with Crippen LogP contribution in [-0.2, 0) is 9.59 Å². The van der Waals surface area contributed by atoms with E-state index in [2.05, 4.69) is 5.32 Å². The van der Waals surface area contributed by atoms with E-state index < -0.39 is 12.6 Å². The summed E-state index contributed by atoms with van der Waals surface area (Å²) >= 11 is 12.1. The summed E-state index contributed by atoms with van der Waals surface area (Å²) in [6, 6.07) is 10.4. The van der Waals surface area contributed by atoms with Crippen LogP contribution in [-0.4, -0.2) is 23.6 Å². The maximum absolute atomic E-state index is 12.5. The molecule has 1 aliphatic carbocycles. The van der Waals surface area contributed by atoms with Crippen molar-refractivity contribution in [3.8, 4) is 5.75 Å². The molecule has 1 fully saturated rings. The van der Waals surface area contributed by atoms with Gasteiger partial charge in [-0.05, 0) is 60.7 Å². The van der Waals surface area contributed by atoms with E-state index >= 15 is 0 Å². The zero-order chi connectivity index (χ0) is 18.8. The van der Waals surface area contributed by atoms with Gasteiger partial charge in [0.2, 0.25) is 5.91 Å². The molecule has 7 heteroatoms. The van der Waals surface area contributed by atoms with Crippen LogP contribution in [0.3, 0.4) is 0 Å². The molecule has 0 saturated heterocycles. The number of benzene rings is 2. The Balaban J connectivity index is 1.63. The minimum Gasteiger partial charge on any atom is -0.482 e. The standard InChI is InChI=1S/C19H17Cl2NO4/c1-10-6-12(26-9-18(23)24)3-5-17(10)22-19(25)15-8-14(15)13-4-2-11(20)7-16(13)21/h2-7,14-15H,8-9H2,1H3,(H,22,25)(H,23,24). The molecule has 0 heterocycles. The molecule has 26 heavy (non-hydrogen) atoms. The van der Waals surface area contributed by atoms with Gasteiger partial charge in [-0.1, -0.05) is 29.3 Å². The summed E-state index contributed by atoms with van der Waals surface area (Å²) in [4.78, 5) is 23.0. The lowest BCUT2D eigenvalue weighted by Gasteiger charge is -2.11. The molecule has 136 valence electrons. The Kier molecular flexibility index (Phi) is 5.39. The molecule has 2 aromatic rings. The van der Waals surface area contributed by atoms with Gasteiger partial charge in [0, 0.05) is 21.7 Å². The lowest BCUT2D eigenvalue weighted by atomic mass is 10.1. The number of amides is 1. The van der Waals surface area contributed by atoms with E-state index in [4.69, 9.17) is 33.0 Å². The molecule has 0 radical (unpaired) electrons. The number of hydrogen-bond acceptors (Lipinski definition) is 3. The van der Waals surface area contributed by atoms with Gasteiger partial charge in [-0.2, -0.15) is 0 Å². The number of carbonyl (C=O) groups is 2. The van der Waals surface area contributed by atoms with Crippen molar-refractivity contribution >= 4 is 40.8 Å². The second-order valence-corrected chi connectivity index (χ2v) is 7.11. The molecular formula is C19H17Cl2NO4. The van der Waals surface area contributed by atoms with Crippen LogP contribution in [0.4, 0.5) is 5.69 Å². The second-order valence-electron chi connectivity index (χ2n) is 6.26. The monoisotopic (exact) mass is 393 g/mol. The molecule has 1 amide bonds. The van der Waals surface area contributed by atoms with Gasteiger partial charge < -0.3 is 15.2 Å². The van der Waals surface area contributed by atoms with Gasteiger partial charge in [0.15, 0.2) is 6.61 Å². The molecule has 3 rings (SSSR count). The van der Waals surface area contributed by atoms with Crippen molar-refractivity contribution in [1.82, 2.24) is 0 Å². The number of anilines is 1. The average molecular weight is 394 g/mol. The minimum absolute atomic E-state index is 0.0664. The van der Waals surface area contributed by atoms with Crippen LogP contribution in [0.1, 0.15) is 23.5 Å². The molecule has 2 aromatic carbocycles. The molecule has 0 bridgehead atoms. The minimum atomic E-state index is -1.04. The van der Waals surface area contributed by atoms with Crippen LogP contribution >= 0.6 is 23.2 Å². The summed E-state index contributed by atoms with van der Waals surface area (Å²) in [5.74, 6) is -0.696. The lowest BCUT2D eigenvalue weighted by molar-refractivity contribution is -0.139. The Morgan fingerprint density at radius 2 is 2.00 bits per heavy atom. The molecule has 0 aromatic heterocycles. The van der Waals surface area contributed by atoms with E-state index in [1.807, 2.05) is 13.0 Å². The highest BCUT2D eigenvalue weighted by molar-refractivity contribution is 6.35. The Morgan fingerprint density at radius 3 is 2.65 bits per heavy atom. The summed E-state index contributed by atoms with van der Waals surface area (Å²) in [5.41, 5.74) is 2.40. The molecule has 0 spiro atoms. The van der Waals surface area contributed by atoms with Crippen LogP contribution in [0.25, 0.3) is 0 Å². The first-order valence-corrected chi connectivity index (χ1v) is 8.82. The highest BCUT2D eigenvalue weighted by Crippen LogP contribution is 2.50. The normalized spacial score (nSPS) is 18.3. The van der Waals surface area contributed by atoms with Crippen LogP contribution < -0.4 is 10.1 Å². The van der Waals surface area contributed by atoms with Crippen molar-refractivity contribution in [3.63, 3.8) is 0 Å². The number of rotatable bonds is 6. The predicted molar refractivity (Wildman–Crippen MR) is 100 cm³/mol. The number of aryl methyl sites for hydroxylation is 1. The number of hydrogen-bond donors (Lipinski definition) is 2. The van der Waals surface area contributed by atoms with Gasteiger partial charge in [0.05, 0.1) is 0 Å². The lowest BCUT2D eigenvalue weighted by Crippen LogP contribution is -2.15. The third kappa shape index (κ3) is 4.29. The van der Waals surface area contributed by atoms with Gasteiger partial charge in [0.25, 0.3) is 0 Å². The zero-order valence-electron chi connectivity index (χ0n) is 14.0. The van der Waals surface area contributed by atoms with Gasteiger partial charge in [-0.3, -0.25) is 4.79 Å². The number of aliphatic carboxylic acids is 1. The van der Waals surface area contributed by atoms with Crippen molar-refractivity contribution in [1.29, 1.82) is 0 Å². The molecule has 0 aliphatic heterocycles. The first-order chi connectivity index (χ1) is 12.3. The summed E-state index contributed by atoms with van der Waals surface area (Å²) in [6.45, 7) is 1.42. The number of carboxylic acid groups (broad SMARTS) is 1. The van der Waals surface area contributed by atoms with Crippen LogP contribution in [0, 0.1) is 12.8 Å². The fourth-order valence-electron chi connectivity index (χ4n) is 2.87. The third-order valence-corrected chi connectivity index (χ3v) is 4.87. The highest BCUT2D eigenvalue weighted by atomic mass is 35.5. The number of carboxylic acids is 1. The smallest absolute Gasteiger partial charge is 0.341 e. The zero-order valence-corrected chi connectivity index (χ0v) is 15.5. The van der Waals surface area contributed by atoms with Gasteiger partial charge >= 0.3 is 5.97 Å². The molecule has 2 unspecified atom stereocenters. The summed E-state index contributed by atoms with van der Waals surface area (Å²) < 4.78 is 5.13. The number of halogens is 2. The van der Waals surface area contributed by atoms with E-state index in [1.165, 1.54) is 0 Å². The summed E-state index contributed by atoms with van der Waals surface area (Å²) in [6.07, 6.45) is 0.742. The van der Waals surface area contributed by atoms with Gasteiger partial charge in [0.1, 0.15) is 5.75 Å². The SMILES string of the molecule is Cc1cc(OCC(=O)O)ccc1NC(=O)C1CC1c1ccc(Cl)cc1Cl. The molecule has 1 aliphatic rings. The number of ether oxygens (including phenoxy) is 1. The topological polar surface area (TPSA) is 75.6 Å². The largest absolute Gasteiger partial charge is 0.482 e. The maximum Gasteiger partial charge on any atom is 0.341 e. The number of nitrogens with one attached hydrogen (secondary N) is 1. The van der Waals surface area contributed by atoms with Crippen LogP contribution in [0.5, 0.6) is 5.75 Å². The average Bonchev–Trinajstić information content (AvgIpc) is 3.35. The Bertz CT molecular complexity index is 869. The van der Waals surface area contributed by atoms with Crippen molar-refractivity contribution < 1.29 is 19.4 Å². The van der Waals surface area contributed by atoms with Crippen LogP contribution in [0.2, 0.25) is 10.0 Å². The first-order valence-electron chi connectivity index (χ1n) is 8.06. The Morgan fingerprint density at radius 1 is 1.23 bits per heavy atom. The highest BCUT2D eigenvalue weighted by Gasteiger charge is 2.44. The van der Waals surface area contributed by atoms with E-state index in [-0.39, 0.29) is 17.7 Å². The van der Waals surface area contributed by atoms with Crippen molar-refractivity contribution in [3.05, 3.63) is 57.6 Å². The van der Waals surface area contributed by atoms with E-state index in [1.54, 1.807) is 30.3 Å². The molecule has 5 nitrogen and oxygen atoms in total. The predicted octanol–water partition coefficient (Wildman–Crippen LogP) is 4.51. The Labute approximate surface area is 160 Å². The molecule has 2 N–H and O–H groups in total. The van der Waals surface area contributed by atoms with Gasteiger partial charge in [-0.15, -0.1) is 0 Å². The number of carbonyl (C=O) groups excluding carboxylic acids is 1. The van der Waals surface area contributed by atoms with Gasteiger partial charge in [-0.25, -0.2) is 4.79 Å². The van der Waals surface area contributed by atoms with Crippen molar-refractivity contribution in [2.45, 2.75) is 19.3 Å². The Hall–Kier alpha value is -2.24. The fraction of sp³-hybridized carbons (Fsp3) is 0.263. The summed E-state index contributed by atoms with van der Waals surface area (Å²) in [7, 11) is 0. The third-order valence-electron chi connectivity index (χ3n) is 4.31. The maximum atomic E-state index is 12.5. The van der Waals surface area contributed by atoms with E-state index in [0.717, 1.165) is 17.5 Å². The fourth-order valence-corrected chi connectivity index (χ4v) is 3.42. The molecular weight excluding hydrogens is 377 g/mol. The van der Waals surface area contributed by atoms with E-state index in [0.29, 0.717) is 21.5 Å². The molecule has 1 saturated carbocycles. The molecule has 2 atom stereocenters. The van der Waals surface area contributed by atoms with Crippen molar-refractivity contribution in [2.24, 2.45) is 5.92 Å². The van der Waals surface area contributed by atoms with Crippen molar-refractivity contribution in [2.75, 3.05) is 11.9 Å². The van der Waals surface area contributed by atoms with Crippen LogP contribution in [0.15, 0.2) is 36.4 Å². The summed E-state index contributed by atoms with van der Waals surface area (Å²) in [5, 5.41) is 12.7.